The summed E-state index contributed by atoms with van der Waals surface area (Å²) in [6.45, 7) is 0. The van der Waals surface area contributed by atoms with Gasteiger partial charge in [-0.1, -0.05) is 17.8 Å². The van der Waals surface area contributed by atoms with Crippen LogP contribution in [0, 0.1) is 0 Å². The summed E-state index contributed by atoms with van der Waals surface area (Å²) in [5.74, 6) is 2.37. The monoisotopic (exact) mass is 294 g/mol. The van der Waals surface area contributed by atoms with Crippen molar-refractivity contribution >= 4 is 11.8 Å². The number of oxazole rings is 1. The first-order valence-corrected chi connectivity index (χ1v) is 7.18. The minimum Gasteiger partial charge on any atom is -0.497 e. The molecule has 1 heterocycles. The van der Waals surface area contributed by atoms with Gasteiger partial charge in [0.05, 0.1) is 20.4 Å². The van der Waals surface area contributed by atoms with E-state index in [0.717, 1.165) is 22.8 Å². The van der Waals surface area contributed by atoms with Gasteiger partial charge in [0, 0.05) is 23.4 Å². The molecular formula is C14H18N2O3S. The predicted octanol–water partition coefficient (Wildman–Crippen LogP) is 2.74. The zero-order valence-corrected chi connectivity index (χ0v) is 12.6. The molecule has 1 atom stereocenters. The van der Waals surface area contributed by atoms with E-state index in [4.69, 9.17) is 13.9 Å². The van der Waals surface area contributed by atoms with Gasteiger partial charge in [0.1, 0.15) is 17.8 Å². The highest BCUT2D eigenvalue weighted by Crippen LogP contribution is 2.32. The molecule has 2 aromatic rings. The first-order chi connectivity index (χ1) is 9.78. The molecule has 0 saturated heterocycles. The van der Waals surface area contributed by atoms with Crippen molar-refractivity contribution in [2.45, 2.75) is 11.3 Å². The predicted molar refractivity (Wildman–Crippen MR) is 78.6 cm³/mol. The zero-order chi connectivity index (χ0) is 14.4. The maximum Gasteiger partial charge on any atom is 0.255 e. The summed E-state index contributed by atoms with van der Waals surface area (Å²) in [5.41, 5.74) is 1.08. The van der Waals surface area contributed by atoms with Crippen LogP contribution < -0.4 is 14.8 Å². The topological polar surface area (TPSA) is 56.5 Å². The highest BCUT2D eigenvalue weighted by Gasteiger charge is 2.16. The molecule has 20 heavy (non-hydrogen) atoms. The Labute approximate surface area is 122 Å². The number of nitrogens with one attached hydrogen (secondary N) is 1. The van der Waals surface area contributed by atoms with Crippen molar-refractivity contribution in [3.8, 4) is 11.5 Å². The van der Waals surface area contributed by atoms with Crippen molar-refractivity contribution in [2.75, 3.05) is 27.0 Å². The maximum absolute atomic E-state index is 5.44. The zero-order valence-electron chi connectivity index (χ0n) is 11.8. The Morgan fingerprint density at radius 2 is 2.20 bits per heavy atom. The third-order valence-electron chi connectivity index (χ3n) is 2.95. The summed E-state index contributed by atoms with van der Waals surface area (Å²) in [5, 5.41) is 3.95. The molecule has 0 amide bonds. The van der Waals surface area contributed by atoms with Crippen LogP contribution >= 0.6 is 11.8 Å². The number of nitrogens with zero attached hydrogens (tertiary/aromatic N) is 1. The quantitative estimate of drug-likeness (QED) is 0.792. The average Bonchev–Trinajstić information content (AvgIpc) is 3.01. The molecule has 1 aromatic carbocycles. The van der Waals surface area contributed by atoms with Crippen LogP contribution in [0.4, 0.5) is 0 Å². The Morgan fingerprint density at radius 1 is 1.35 bits per heavy atom. The van der Waals surface area contributed by atoms with E-state index in [0.29, 0.717) is 5.22 Å². The standard InChI is InChI=1S/C14H18N2O3S/c1-15-12(9-20-14-16-6-7-19-14)11-5-4-10(17-2)8-13(11)18-3/h4-8,12,15H,9H2,1-3H3. The van der Waals surface area contributed by atoms with E-state index >= 15 is 0 Å². The molecule has 0 bridgehead atoms. The second kappa shape index (κ2) is 7.21. The molecule has 2 rings (SSSR count). The minimum atomic E-state index is 0.132. The first kappa shape index (κ1) is 14.7. The van der Waals surface area contributed by atoms with Crippen LogP contribution in [0.15, 0.2) is 40.3 Å². The van der Waals surface area contributed by atoms with Crippen LogP contribution in [0.25, 0.3) is 0 Å². The molecule has 1 aromatic heterocycles. The fraction of sp³-hybridized carbons (Fsp3) is 0.357. The molecule has 1 unspecified atom stereocenters. The van der Waals surface area contributed by atoms with Crippen molar-refractivity contribution in [1.82, 2.24) is 10.3 Å². The van der Waals surface area contributed by atoms with Gasteiger partial charge in [-0.2, -0.15) is 0 Å². The summed E-state index contributed by atoms with van der Waals surface area (Å²) in [6, 6.07) is 5.95. The lowest BCUT2D eigenvalue weighted by molar-refractivity contribution is 0.387. The highest BCUT2D eigenvalue weighted by atomic mass is 32.2. The van der Waals surface area contributed by atoms with Gasteiger partial charge in [-0.3, -0.25) is 0 Å². The lowest BCUT2D eigenvalue weighted by Crippen LogP contribution is -2.19. The fourth-order valence-corrected chi connectivity index (χ4v) is 2.79. The number of ether oxygens (including phenoxy) is 2. The highest BCUT2D eigenvalue weighted by molar-refractivity contribution is 7.99. The largest absolute Gasteiger partial charge is 0.497 e. The summed E-state index contributed by atoms with van der Waals surface area (Å²) in [6.07, 6.45) is 3.22. The van der Waals surface area contributed by atoms with Crippen LogP contribution in [0.1, 0.15) is 11.6 Å². The Hall–Kier alpha value is -1.66. The second-order valence-electron chi connectivity index (χ2n) is 4.06. The van der Waals surface area contributed by atoms with E-state index in [2.05, 4.69) is 10.3 Å². The summed E-state index contributed by atoms with van der Waals surface area (Å²) in [7, 11) is 5.22. The average molecular weight is 294 g/mol. The molecule has 0 saturated carbocycles. The van der Waals surface area contributed by atoms with Crippen molar-refractivity contribution in [3.63, 3.8) is 0 Å². The Bertz CT molecular complexity index is 531. The summed E-state index contributed by atoms with van der Waals surface area (Å²) < 4.78 is 15.9. The molecular weight excluding hydrogens is 276 g/mol. The van der Waals surface area contributed by atoms with Gasteiger partial charge in [0.25, 0.3) is 5.22 Å². The van der Waals surface area contributed by atoms with Crippen LogP contribution in [0.2, 0.25) is 0 Å². The van der Waals surface area contributed by atoms with Gasteiger partial charge < -0.3 is 19.2 Å². The molecule has 0 fully saturated rings. The molecule has 108 valence electrons. The second-order valence-corrected chi connectivity index (χ2v) is 5.03. The van der Waals surface area contributed by atoms with Crippen LogP contribution in [-0.4, -0.2) is 32.0 Å². The van der Waals surface area contributed by atoms with Crippen LogP contribution in [0.3, 0.4) is 0 Å². The fourth-order valence-electron chi connectivity index (χ4n) is 1.87. The van der Waals surface area contributed by atoms with Gasteiger partial charge in [0.15, 0.2) is 0 Å². The maximum atomic E-state index is 5.44. The van der Waals surface area contributed by atoms with E-state index in [1.165, 1.54) is 0 Å². The van der Waals surface area contributed by atoms with E-state index in [9.17, 15) is 0 Å². The van der Waals surface area contributed by atoms with Gasteiger partial charge in [-0.15, -0.1) is 0 Å². The van der Waals surface area contributed by atoms with Gasteiger partial charge in [-0.05, 0) is 13.1 Å². The first-order valence-electron chi connectivity index (χ1n) is 6.20. The molecule has 0 aliphatic rings. The van der Waals surface area contributed by atoms with E-state index in [1.54, 1.807) is 38.4 Å². The SMILES string of the molecule is CNC(CSc1ncco1)c1ccc(OC)cc1OC. The summed E-state index contributed by atoms with van der Waals surface area (Å²) in [4.78, 5) is 4.10. The minimum absolute atomic E-state index is 0.132. The molecule has 6 heteroatoms. The molecule has 0 aliphatic carbocycles. The van der Waals surface area contributed by atoms with Crippen molar-refractivity contribution < 1.29 is 13.9 Å². The molecule has 1 N–H and O–H groups in total. The van der Waals surface area contributed by atoms with E-state index in [-0.39, 0.29) is 6.04 Å². The lowest BCUT2D eigenvalue weighted by Gasteiger charge is -2.19. The number of hydrogen-bond acceptors (Lipinski definition) is 6. The lowest BCUT2D eigenvalue weighted by atomic mass is 10.1. The van der Waals surface area contributed by atoms with Crippen LogP contribution in [-0.2, 0) is 0 Å². The van der Waals surface area contributed by atoms with E-state index in [1.807, 2.05) is 25.2 Å². The van der Waals surface area contributed by atoms with Crippen molar-refractivity contribution in [1.29, 1.82) is 0 Å². The Balaban J connectivity index is 2.13. The smallest absolute Gasteiger partial charge is 0.255 e. The van der Waals surface area contributed by atoms with Crippen molar-refractivity contribution in [2.24, 2.45) is 0 Å². The normalized spacial score (nSPS) is 12.2. The third kappa shape index (κ3) is 3.46. The third-order valence-corrected chi connectivity index (χ3v) is 3.90. The number of aromatic nitrogens is 1. The Kier molecular flexibility index (Phi) is 5.31. The molecule has 5 nitrogen and oxygen atoms in total. The number of benzene rings is 1. The van der Waals surface area contributed by atoms with Crippen LogP contribution in [0.5, 0.6) is 11.5 Å². The Morgan fingerprint density at radius 3 is 2.80 bits per heavy atom. The number of hydrogen-bond donors (Lipinski definition) is 1. The number of thioether (sulfide) groups is 1. The van der Waals surface area contributed by atoms with Gasteiger partial charge in [0.2, 0.25) is 0 Å². The van der Waals surface area contributed by atoms with Gasteiger partial charge in [-0.25, -0.2) is 4.98 Å². The van der Waals surface area contributed by atoms with Crippen molar-refractivity contribution in [3.05, 3.63) is 36.2 Å². The molecule has 0 spiro atoms. The molecule has 0 radical (unpaired) electrons. The number of methoxy groups -OCH3 is 2. The number of rotatable bonds is 7. The van der Waals surface area contributed by atoms with E-state index < -0.39 is 0 Å². The van der Waals surface area contributed by atoms with Gasteiger partial charge >= 0.3 is 0 Å². The molecule has 0 aliphatic heterocycles. The summed E-state index contributed by atoms with van der Waals surface area (Å²) >= 11 is 1.56.